The number of hydrogen-bond acceptors (Lipinski definition) is 5. The summed E-state index contributed by atoms with van der Waals surface area (Å²) in [4.78, 5) is 0. The molecule has 2 aliphatic heterocycles. The van der Waals surface area contributed by atoms with Gasteiger partial charge in [-0.25, -0.2) is 4.39 Å². The van der Waals surface area contributed by atoms with Gasteiger partial charge in [0.1, 0.15) is 12.0 Å². The van der Waals surface area contributed by atoms with Crippen molar-refractivity contribution in [3.05, 3.63) is 45.4 Å². The van der Waals surface area contributed by atoms with Crippen LogP contribution in [0, 0.1) is 5.92 Å². The maximum Gasteiger partial charge on any atom is 0.114 e. The van der Waals surface area contributed by atoms with Crippen LogP contribution < -0.4 is 21.3 Å². The van der Waals surface area contributed by atoms with E-state index < -0.39 is 0 Å². The van der Waals surface area contributed by atoms with E-state index >= 15 is 0 Å². The fourth-order valence-electron chi connectivity index (χ4n) is 6.30. The SMILES string of the molecule is CCO[C@H]1C=C([C@@H]2CCC3=C(C2)[C@@H](N[C@H]2CCC(F)=C(Cl)C2)N[C@@H](C2=CCCNC2)N3)CCC1. The topological polar surface area (TPSA) is 57.4 Å². The van der Waals surface area contributed by atoms with Crippen LogP contribution in [0.2, 0.25) is 0 Å². The van der Waals surface area contributed by atoms with Crippen molar-refractivity contribution in [2.45, 2.75) is 95.6 Å². The van der Waals surface area contributed by atoms with Gasteiger partial charge in [0.15, 0.2) is 0 Å². The van der Waals surface area contributed by atoms with Crippen LogP contribution in [0.4, 0.5) is 4.39 Å². The van der Waals surface area contributed by atoms with Gasteiger partial charge in [0, 0.05) is 37.7 Å². The predicted molar refractivity (Wildman–Crippen MR) is 136 cm³/mol. The molecule has 3 aliphatic carbocycles. The van der Waals surface area contributed by atoms with Crippen LogP contribution >= 0.6 is 11.6 Å². The summed E-state index contributed by atoms with van der Waals surface area (Å²) in [6, 6.07) is 0.187. The average Bonchev–Trinajstić information content (AvgIpc) is 2.87. The third-order valence-electron chi connectivity index (χ3n) is 8.12. The van der Waals surface area contributed by atoms with Gasteiger partial charge in [-0.2, -0.15) is 0 Å². The van der Waals surface area contributed by atoms with E-state index in [4.69, 9.17) is 16.3 Å². The summed E-state index contributed by atoms with van der Waals surface area (Å²) in [6.07, 6.45) is 15.0. The van der Waals surface area contributed by atoms with E-state index in [0.717, 1.165) is 51.8 Å². The van der Waals surface area contributed by atoms with Crippen molar-refractivity contribution in [3.63, 3.8) is 0 Å². The van der Waals surface area contributed by atoms with Gasteiger partial charge < -0.3 is 15.4 Å². The van der Waals surface area contributed by atoms with Gasteiger partial charge >= 0.3 is 0 Å². The molecule has 0 aromatic carbocycles. The summed E-state index contributed by atoms with van der Waals surface area (Å²) in [5.74, 6) is 0.439. The quantitative estimate of drug-likeness (QED) is 0.400. The third-order valence-corrected chi connectivity index (χ3v) is 8.48. The number of allylic oxidation sites excluding steroid dienone is 3. The Morgan fingerprint density at radius 2 is 2.06 bits per heavy atom. The number of nitrogens with one attached hydrogen (secondary N) is 4. The zero-order valence-electron chi connectivity index (χ0n) is 20.4. The second-order valence-corrected chi connectivity index (χ2v) is 10.9. The van der Waals surface area contributed by atoms with Crippen molar-refractivity contribution in [1.29, 1.82) is 0 Å². The molecule has 0 amide bonds. The molecular formula is C27H40ClFN4O. The molecule has 0 unspecified atom stereocenters. The number of halogens is 2. The van der Waals surface area contributed by atoms with E-state index in [0.29, 0.717) is 23.8 Å². The first-order valence-corrected chi connectivity index (χ1v) is 13.7. The molecule has 0 aromatic heterocycles. The molecule has 5 aliphatic rings. The molecule has 5 rings (SSSR count). The van der Waals surface area contributed by atoms with E-state index in [-0.39, 0.29) is 30.3 Å². The molecule has 5 nitrogen and oxygen atoms in total. The largest absolute Gasteiger partial charge is 0.374 e. The fraction of sp³-hybridized carbons (Fsp3) is 0.704. The Morgan fingerprint density at radius 1 is 1.15 bits per heavy atom. The van der Waals surface area contributed by atoms with Gasteiger partial charge in [0.25, 0.3) is 0 Å². The summed E-state index contributed by atoms with van der Waals surface area (Å²) in [7, 11) is 0. The molecule has 0 fully saturated rings. The monoisotopic (exact) mass is 490 g/mol. The molecule has 188 valence electrons. The molecule has 0 saturated heterocycles. The second kappa shape index (κ2) is 11.3. The van der Waals surface area contributed by atoms with Crippen molar-refractivity contribution < 1.29 is 9.13 Å². The van der Waals surface area contributed by atoms with E-state index in [1.165, 1.54) is 36.1 Å². The predicted octanol–water partition coefficient (Wildman–Crippen LogP) is 4.88. The molecule has 5 atom stereocenters. The number of hydrogen-bond donors (Lipinski definition) is 4. The maximum atomic E-state index is 13.9. The maximum absolute atomic E-state index is 13.9. The van der Waals surface area contributed by atoms with Crippen LogP contribution in [0.1, 0.15) is 71.1 Å². The minimum absolute atomic E-state index is 0.0781. The molecular weight excluding hydrogens is 451 g/mol. The van der Waals surface area contributed by atoms with Crippen molar-refractivity contribution in [3.8, 4) is 0 Å². The fourth-order valence-corrected chi connectivity index (χ4v) is 6.58. The Kier molecular flexibility index (Phi) is 8.11. The molecule has 7 heteroatoms. The normalized spacial score (nSPS) is 34.9. The molecule has 2 heterocycles. The lowest BCUT2D eigenvalue weighted by Gasteiger charge is -2.44. The van der Waals surface area contributed by atoms with Crippen molar-refractivity contribution in [2.75, 3.05) is 19.7 Å². The first kappa shape index (κ1) is 24.5. The summed E-state index contributed by atoms with van der Waals surface area (Å²) in [6.45, 7) is 4.82. The minimum Gasteiger partial charge on any atom is -0.374 e. The Hall–Kier alpha value is -1.18. The van der Waals surface area contributed by atoms with Gasteiger partial charge in [-0.3, -0.25) is 10.6 Å². The van der Waals surface area contributed by atoms with Crippen LogP contribution in [0.15, 0.2) is 45.4 Å². The summed E-state index contributed by atoms with van der Waals surface area (Å²) >= 11 is 6.21. The van der Waals surface area contributed by atoms with Crippen LogP contribution in [0.5, 0.6) is 0 Å². The molecule has 0 radical (unpaired) electrons. The first-order chi connectivity index (χ1) is 16.6. The van der Waals surface area contributed by atoms with Gasteiger partial charge in [0.2, 0.25) is 0 Å². The lowest BCUT2D eigenvalue weighted by molar-refractivity contribution is 0.0834. The summed E-state index contributed by atoms with van der Waals surface area (Å²) in [5.41, 5.74) is 5.81. The molecule has 34 heavy (non-hydrogen) atoms. The molecule has 4 N–H and O–H groups in total. The zero-order valence-corrected chi connectivity index (χ0v) is 21.2. The Balaban J connectivity index is 1.35. The summed E-state index contributed by atoms with van der Waals surface area (Å²) < 4.78 is 19.8. The third kappa shape index (κ3) is 5.62. The van der Waals surface area contributed by atoms with Crippen LogP contribution in [-0.2, 0) is 4.74 Å². The molecule has 0 spiro atoms. The van der Waals surface area contributed by atoms with Crippen LogP contribution in [0.3, 0.4) is 0 Å². The van der Waals surface area contributed by atoms with E-state index in [9.17, 15) is 4.39 Å². The van der Waals surface area contributed by atoms with Crippen molar-refractivity contribution in [1.82, 2.24) is 21.3 Å². The van der Waals surface area contributed by atoms with Gasteiger partial charge in [-0.15, -0.1) is 0 Å². The molecule has 0 bridgehead atoms. The smallest absolute Gasteiger partial charge is 0.114 e. The standard InChI is InChI=1S/C27H40ClFN4O/c1-2-34-21-7-3-5-17(13-21)18-8-11-25-22(14-18)27(31-20-9-10-24(29)23(28)15-20)33-26(32-25)19-6-4-12-30-16-19/h6,13,18,20-21,26-27,30-33H,2-5,7-12,14-16H2,1H3/t18-,20+,21-,26+,27+/m1/s1. The average molecular weight is 491 g/mol. The van der Waals surface area contributed by atoms with E-state index in [1.54, 1.807) is 5.57 Å². The highest BCUT2D eigenvalue weighted by Crippen LogP contribution is 2.40. The zero-order chi connectivity index (χ0) is 23.5. The highest BCUT2D eigenvalue weighted by atomic mass is 35.5. The molecule has 0 saturated carbocycles. The Bertz CT molecular complexity index is 882. The van der Waals surface area contributed by atoms with Crippen LogP contribution in [-0.4, -0.2) is 44.2 Å². The van der Waals surface area contributed by atoms with Gasteiger partial charge in [-0.05, 0) is 81.9 Å². The number of ether oxygens (including phenoxy) is 1. The summed E-state index contributed by atoms with van der Waals surface area (Å²) in [5, 5.41) is 15.4. The van der Waals surface area contributed by atoms with Gasteiger partial charge in [-0.1, -0.05) is 29.3 Å². The van der Waals surface area contributed by atoms with E-state index in [2.05, 4.69) is 40.3 Å². The number of rotatable bonds is 6. The Morgan fingerprint density at radius 3 is 2.85 bits per heavy atom. The Labute approximate surface area is 208 Å². The lowest BCUT2D eigenvalue weighted by atomic mass is 9.76. The van der Waals surface area contributed by atoms with Gasteiger partial charge in [0.05, 0.1) is 17.3 Å². The lowest BCUT2D eigenvalue weighted by Crippen LogP contribution is -2.62. The van der Waals surface area contributed by atoms with Crippen LogP contribution in [0.25, 0.3) is 0 Å². The highest BCUT2D eigenvalue weighted by molar-refractivity contribution is 6.29. The van der Waals surface area contributed by atoms with E-state index in [1.807, 2.05) is 0 Å². The first-order valence-electron chi connectivity index (χ1n) is 13.4. The minimum atomic E-state index is -0.139. The second-order valence-electron chi connectivity index (χ2n) is 10.4. The molecule has 0 aromatic rings. The van der Waals surface area contributed by atoms with Crippen molar-refractivity contribution in [2.24, 2.45) is 5.92 Å². The highest BCUT2D eigenvalue weighted by Gasteiger charge is 2.36. The van der Waals surface area contributed by atoms with Crippen molar-refractivity contribution >= 4 is 11.6 Å².